The molecule has 3 aromatic rings. The maximum absolute atomic E-state index is 12.9. The van der Waals surface area contributed by atoms with Gasteiger partial charge in [0.05, 0.1) is 21.8 Å². The Morgan fingerprint density at radius 1 is 1.09 bits per heavy atom. The van der Waals surface area contributed by atoms with Crippen LogP contribution in [0.5, 0.6) is 0 Å². The fourth-order valence-electron chi connectivity index (χ4n) is 4.09. The average molecular weight is 499 g/mol. The Kier molecular flexibility index (Phi) is 6.79. The van der Waals surface area contributed by atoms with Crippen molar-refractivity contribution in [1.29, 1.82) is 0 Å². The minimum absolute atomic E-state index is 0.106. The van der Waals surface area contributed by atoms with E-state index in [0.717, 1.165) is 17.2 Å². The van der Waals surface area contributed by atoms with Gasteiger partial charge in [0.2, 0.25) is 0 Å². The van der Waals surface area contributed by atoms with E-state index in [1.807, 2.05) is 13.0 Å². The summed E-state index contributed by atoms with van der Waals surface area (Å²) < 4.78 is 33.5. The van der Waals surface area contributed by atoms with E-state index in [1.54, 1.807) is 36.1 Å². The molecule has 1 aliphatic rings. The average Bonchev–Trinajstić information content (AvgIpc) is 3.36. The zero-order valence-electron chi connectivity index (χ0n) is 19.4. The molecular formula is C24H26N4O6S. The quantitative estimate of drug-likeness (QED) is 0.366. The number of nitrogens with one attached hydrogen (secondary N) is 2. The van der Waals surface area contributed by atoms with Gasteiger partial charge >= 0.3 is 0 Å². The topological polar surface area (TPSA) is 135 Å². The van der Waals surface area contributed by atoms with Crippen LogP contribution in [0.25, 0.3) is 0 Å². The first-order valence-electron chi connectivity index (χ1n) is 11.1. The fourth-order valence-corrected chi connectivity index (χ4v) is 5.24. The molecule has 2 aromatic carbocycles. The van der Waals surface area contributed by atoms with Gasteiger partial charge in [-0.1, -0.05) is 17.7 Å². The lowest BCUT2D eigenvalue weighted by atomic mass is 10.0. The number of aryl methyl sites for hydroxylation is 2. The van der Waals surface area contributed by atoms with E-state index >= 15 is 0 Å². The molecule has 11 heteroatoms. The smallest absolute Gasteiger partial charge is 0.293 e. The van der Waals surface area contributed by atoms with Crippen molar-refractivity contribution in [1.82, 2.24) is 4.90 Å². The van der Waals surface area contributed by atoms with Crippen molar-refractivity contribution in [3.05, 3.63) is 81.8 Å². The Morgan fingerprint density at radius 3 is 2.43 bits per heavy atom. The van der Waals surface area contributed by atoms with Crippen molar-refractivity contribution >= 4 is 33.0 Å². The third-order valence-electron chi connectivity index (χ3n) is 5.98. The lowest BCUT2D eigenvalue weighted by Crippen LogP contribution is -2.42. The van der Waals surface area contributed by atoms with Crippen LogP contribution in [-0.2, 0) is 10.0 Å². The third kappa shape index (κ3) is 5.46. The van der Waals surface area contributed by atoms with Gasteiger partial charge in [-0.15, -0.1) is 0 Å². The van der Waals surface area contributed by atoms with Crippen molar-refractivity contribution < 1.29 is 22.6 Å². The molecule has 35 heavy (non-hydrogen) atoms. The van der Waals surface area contributed by atoms with Gasteiger partial charge in [-0.2, -0.15) is 0 Å². The maximum atomic E-state index is 12.9. The monoisotopic (exact) mass is 498 g/mol. The van der Waals surface area contributed by atoms with Gasteiger partial charge in [-0.3, -0.25) is 19.6 Å². The van der Waals surface area contributed by atoms with Gasteiger partial charge in [0.1, 0.15) is 5.69 Å². The molecule has 2 heterocycles. The van der Waals surface area contributed by atoms with Crippen LogP contribution >= 0.6 is 0 Å². The normalized spacial score (nSPS) is 14.5. The molecule has 10 nitrogen and oxygen atoms in total. The molecule has 0 atom stereocenters. The molecule has 0 saturated carbocycles. The Labute approximate surface area is 203 Å². The van der Waals surface area contributed by atoms with Crippen molar-refractivity contribution in [3.63, 3.8) is 0 Å². The van der Waals surface area contributed by atoms with Crippen LogP contribution in [0, 0.1) is 24.0 Å². The van der Waals surface area contributed by atoms with Crippen LogP contribution < -0.4 is 10.0 Å². The number of hydrogen-bond acceptors (Lipinski definition) is 7. The first-order valence-corrected chi connectivity index (χ1v) is 12.6. The molecule has 0 radical (unpaired) electrons. The molecule has 4 rings (SSSR count). The molecule has 2 N–H and O–H groups in total. The van der Waals surface area contributed by atoms with E-state index in [1.165, 1.54) is 18.4 Å². The van der Waals surface area contributed by atoms with Crippen molar-refractivity contribution in [2.24, 2.45) is 0 Å². The molecule has 0 unspecified atom stereocenters. The highest BCUT2D eigenvalue weighted by molar-refractivity contribution is 7.92. The number of anilines is 2. The summed E-state index contributed by atoms with van der Waals surface area (Å²) in [6, 6.07) is 12.3. The number of benzene rings is 2. The van der Waals surface area contributed by atoms with Crippen LogP contribution in [-0.4, -0.2) is 43.3 Å². The van der Waals surface area contributed by atoms with Crippen LogP contribution in [0.15, 0.2) is 64.1 Å². The number of amides is 1. The molecule has 0 bridgehead atoms. The number of furan rings is 1. The predicted octanol–water partition coefficient (Wildman–Crippen LogP) is 4.32. The van der Waals surface area contributed by atoms with Gasteiger partial charge in [-0.05, 0) is 62.6 Å². The maximum Gasteiger partial charge on any atom is 0.293 e. The second kappa shape index (κ2) is 9.79. The molecule has 1 saturated heterocycles. The summed E-state index contributed by atoms with van der Waals surface area (Å²) in [5, 5.41) is 14.9. The summed E-state index contributed by atoms with van der Waals surface area (Å²) in [5.74, 6) is 0.0867. The molecule has 1 aliphatic heterocycles. The predicted molar refractivity (Wildman–Crippen MR) is 131 cm³/mol. The fraction of sp³-hybridized carbons (Fsp3) is 0.292. The van der Waals surface area contributed by atoms with Crippen LogP contribution in [0.1, 0.15) is 34.5 Å². The van der Waals surface area contributed by atoms with Gasteiger partial charge in [0.15, 0.2) is 5.76 Å². The Hall–Kier alpha value is -3.86. The van der Waals surface area contributed by atoms with Crippen LogP contribution in [0.2, 0.25) is 0 Å². The minimum Gasteiger partial charge on any atom is -0.459 e. The summed E-state index contributed by atoms with van der Waals surface area (Å²) in [4.78, 5) is 25.1. The second-order valence-electron chi connectivity index (χ2n) is 8.55. The standard InChI is InChI=1S/C24H26N4O6S/c1-16-5-7-20(17(2)14-16)26-35(32,33)19-6-8-21(22(15-19)28(30)31)25-18-9-11-27(12-10-18)24(29)23-4-3-13-34-23/h3-8,13-15,18,25-26H,9-12H2,1-2H3. The van der Waals surface area contributed by atoms with Crippen molar-refractivity contribution in [2.75, 3.05) is 23.1 Å². The van der Waals surface area contributed by atoms with Gasteiger partial charge < -0.3 is 14.6 Å². The first kappa shape index (κ1) is 24.3. The lowest BCUT2D eigenvalue weighted by molar-refractivity contribution is -0.384. The number of hydrogen-bond donors (Lipinski definition) is 2. The highest BCUT2D eigenvalue weighted by Crippen LogP contribution is 2.31. The van der Waals surface area contributed by atoms with Crippen molar-refractivity contribution in [2.45, 2.75) is 37.6 Å². The number of piperidine rings is 1. The molecule has 0 spiro atoms. The molecule has 184 valence electrons. The first-order chi connectivity index (χ1) is 16.6. The van der Waals surface area contributed by atoms with E-state index in [-0.39, 0.29) is 34.0 Å². The van der Waals surface area contributed by atoms with Crippen molar-refractivity contribution in [3.8, 4) is 0 Å². The number of carbonyl (C=O) groups is 1. The largest absolute Gasteiger partial charge is 0.459 e. The van der Waals surface area contributed by atoms with Crippen LogP contribution in [0.3, 0.4) is 0 Å². The van der Waals surface area contributed by atoms with E-state index in [9.17, 15) is 23.3 Å². The van der Waals surface area contributed by atoms with Crippen LogP contribution in [0.4, 0.5) is 17.1 Å². The van der Waals surface area contributed by atoms with E-state index in [4.69, 9.17) is 4.42 Å². The molecule has 1 fully saturated rings. The summed E-state index contributed by atoms with van der Waals surface area (Å²) in [7, 11) is -4.03. The number of rotatable bonds is 7. The summed E-state index contributed by atoms with van der Waals surface area (Å²) in [6.07, 6.45) is 2.61. The summed E-state index contributed by atoms with van der Waals surface area (Å²) >= 11 is 0. The number of nitrogens with zero attached hydrogens (tertiary/aromatic N) is 2. The van der Waals surface area contributed by atoms with E-state index < -0.39 is 14.9 Å². The summed E-state index contributed by atoms with van der Waals surface area (Å²) in [5.41, 5.74) is 2.06. The zero-order chi connectivity index (χ0) is 25.2. The number of nitro benzene ring substituents is 1. The van der Waals surface area contributed by atoms with Gasteiger partial charge in [0.25, 0.3) is 21.6 Å². The Balaban J connectivity index is 1.47. The number of likely N-dealkylation sites (tertiary alicyclic amines) is 1. The molecule has 0 aliphatic carbocycles. The van der Waals surface area contributed by atoms with Gasteiger partial charge in [-0.25, -0.2) is 8.42 Å². The molecule has 1 amide bonds. The molecule has 1 aromatic heterocycles. The number of carbonyl (C=O) groups excluding carboxylic acids is 1. The highest BCUT2D eigenvalue weighted by atomic mass is 32.2. The lowest BCUT2D eigenvalue weighted by Gasteiger charge is -2.32. The SMILES string of the molecule is Cc1ccc(NS(=O)(=O)c2ccc(NC3CCN(C(=O)c4ccco4)CC3)c([N+](=O)[O-])c2)c(C)c1. The summed E-state index contributed by atoms with van der Waals surface area (Å²) in [6.45, 7) is 4.63. The number of nitro groups is 1. The number of sulfonamides is 1. The Morgan fingerprint density at radius 2 is 1.80 bits per heavy atom. The highest BCUT2D eigenvalue weighted by Gasteiger charge is 2.27. The minimum atomic E-state index is -4.03. The zero-order valence-corrected chi connectivity index (χ0v) is 20.2. The molecular weight excluding hydrogens is 472 g/mol. The Bertz CT molecular complexity index is 1350. The second-order valence-corrected chi connectivity index (χ2v) is 10.2. The third-order valence-corrected chi connectivity index (χ3v) is 7.34. The van der Waals surface area contributed by atoms with E-state index in [2.05, 4.69) is 10.0 Å². The van der Waals surface area contributed by atoms with Gasteiger partial charge in [0, 0.05) is 25.2 Å². The van der Waals surface area contributed by atoms with E-state index in [0.29, 0.717) is 31.6 Å².